The Hall–Kier alpha value is -0.830. The molecule has 0 spiro atoms. The second-order valence-electron chi connectivity index (χ2n) is 7.03. The number of aromatic nitrogens is 1. The van der Waals surface area contributed by atoms with Gasteiger partial charge in [0, 0.05) is 24.6 Å². The summed E-state index contributed by atoms with van der Waals surface area (Å²) in [4.78, 5) is 0. The highest BCUT2D eigenvalue weighted by atomic mass is 16.5. The Kier molecular flexibility index (Phi) is 1.88. The molecule has 4 aliphatic carbocycles. The van der Waals surface area contributed by atoms with E-state index in [1.807, 2.05) is 0 Å². The summed E-state index contributed by atoms with van der Waals surface area (Å²) < 4.78 is 5.77. The molecule has 3 nitrogen and oxygen atoms in total. The summed E-state index contributed by atoms with van der Waals surface area (Å²) in [6.45, 7) is 1.89. The van der Waals surface area contributed by atoms with Crippen LogP contribution in [0.1, 0.15) is 55.0 Å². The van der Waals surface area contributed by atoms with Crippen molar-refractivity contribution >= 4 is 0 Å². The van der Waals surface area contributed by atoms with Crippen molar-refractivity contribution in [3.8, 4) is 0 Å². The van der Waals surface area contributed by atoms with E-state index in [0.717, 1.165) is 36.8 Å². The van der Waals surface area contributed by atoms with E-state index < -0.39 is 0 Å². The third kappa shape index (κ3) is 1.21. The lowest BCUT2D eigenvalue weighted by Gasteiger charge is -2.53. The van der Waals surface area contributed by atoms with Crippen molar-refractivity contribution in [3.63, 3.8) is 0 Å². The first-order valence-corrected chi connectivity index (χ1v) is 7.56. The highest BCUT2D eigenvalue weighted by molar-refractivity contribution is 5.31. The quantitative estimate of drug-likeness (QED) is 0.825. The van der Waals surface area contributed by atoms with Crippen LogP contribution in [0.4, 0.5) is 0 Å². The highest BCUT2D eigenvalue weighted by Gasteiger charge is 2.50. The lowest BCUT2D eigenvalue weighted by atomic mass is 9.51. The van der Waals surface area contributed by atoms with Gasteiger partial charge < -0.3 is 9.84 Å². The normalized spacial score (nSPS) is 44.6. The van der Waals surface area contributed by atoms with E-state index in [0.29, 0.717) is 5.92 Å². The molecule has 6 rings (SSSR count). The zero-order valence-electron chi connectivity index (χ0n) is 10.7. The summed E-state index contributed by atoms with van der Waals surface area (Å²) in [6, 6.07) is 0. The van der Waals surface area contributed by atoms with Crippen LogP contribution in [-0.4, -0.2) is 5.16 Å². The van der Waals surface area contributed by atoms with Gasteiger partial charge in [-0.2, -0.15) is 0 Å². The van der Waals surface area contributed by atoms with Crippen LogP contribution in [0.3, 0.4) is 0 Å². The Morgan fingerprint density at radius 1 is 0.944 bits per heavy atom. The third-order valence-electron chi connectivity index (χ3n) is 6.02. The molecule has 18 heavy (non-hydrogen) atoms. The van der Waals surface area contributed by atoms with Gasteiger partial charge in [-0.25, -0.2) is 0 Å². The van der Waals surface area contributed by atoms with E-state index >= 15 is 0 Å². The minimum absolute atomic E-state index is 0.703. The number of rotatable bonds is 1. The maximum absolute atomic E-state index is 5.77. The molecule has 0 radical (unpaired) electrons. The summed E-state index contributed by atoms with van der Waals surface area (Å²) in [5.74, 6) is 5.85. The van der Waals surface area contributed by atoms with Gasteiger partial charge in [-0.15, -0.1) is 0 Å². The molecule has 96 valence electrons. The van der Waals surface area contributed by atoms with Crippen molar-refractivity contribution in [1.82, 2.24) is 10.5 Å². The molecule has 1 N–H and O–H groups in total. The van der Waals surface area contributed by atoms with Gasteiger partial charge in [0.2, 0.25) is 0 Å². The van der Waals surface area contributed by atoms with Gasteiger partial charge in [-0.05, 0) is 55.8 Å². The number of nitrogens with zero attached hydrogens (tertiary/aromatic N) is 1. The topological polar surface area (TPSA) is 38.1 Å². The first-order chi connectivity index (χ1) is 8.88. The SMILES string of the molecule is C1NCc2c1noc2C1C2CC3CC(C2)CC1C3. The van der Waals surface area contributed by atoms with Crippen LogP contribution < -0.4 is 5.32 Å². The maximum Gasteiger partial charge on any atom is 0.145 e. The molecule has 0 unspecified atom stereocenters. The Morgan fingerprint density at radius 3 is 2.39 bits per heavy atom. The lowest BCUT2D eigenvalue weighted by molar-refractivity contribution is -0.0118. The molecule has 1 aliphatic heterocycles. The maximum atomic E-state index is 5.77. The standard InChI is InChI=1S/C15H20N2O/c1-8-2-10-4-9(1)5-11(3-8)14(10)15-12-6-16-7-13(12)17-18-15/h8-11,14,16H,1-7H2. The van der Waals surface area contributed by atoms with Crippen LogP contribution in [0.25, 0.3) is 0 Å². The van der Waals surface area contributed by atoms with Gasteiger partial charge in [0.25, 0.3) is 0 Å². The Bertz CT molecular complexity index is 465. The first kappa shape index (κ1) is 10.0. The minimum Gasteiger partial charge on any atom is -0.360 e. The van der Waals surface area contributed by atoms with Crippen LogP contribution >= 0.6 is 0 Å². The van der Waals surface area contributed by atoms with Crippen molar-refractivity contribution in [3.05, 3.63) is 17.0 Å². The largest absolute Gasteiger partial charge is 0.360 e. The number of hydrogen-bond acceptors (Lipinski definition) is 3. The summed E-state index contributed by atoms with van der Waals surface area (Å²) in [6.07, 6.45) is 7.36. The molecule has 2 heterocycles. The molecule has 5 aliphatic rings. The fourth-order valence-corrected chi connectivity index (χ4v) is 5.61. The average molecular weight is 244 g/mol. The zero-order valence-corrected chi connectivity index (χ0v) is 10.7. The van der Waals surface area contributed by atoms with Gasteiger partial charge in [-0.3, -0.25) is 0 Å². The molecular formula is C15H20N2O. The van der Waals surface area contributed by atoms with Gasteiger partial charge in [0.15, 0.2) is 0 Å². The number of nitrogens with one attached hydrogen (secondary N) is 1. The van der Waals surface area contributed by atoms with E-state index in [4.69, 9.17) is 4.52 Å². The van der Waals surface area contributed by atoms with Crippen LogP contribution in [-0.2, 0) is 13.1 Å². The smallest absolute Gasteiger partial charge is 0.145 e. The predicted molar refractivity (Wildman–Crippen MR) is 66.8 cm³/mol. The summed E-state index contributed by atoms with van der Waals surface area (Å²) in [7, 11) is 0. The van der Waals surface area contributed by atoms with E-state index in [-0.39, 0.29) is 0 Å². The van der Waals surface area contributed by atoms with Crippen molar-refractivity contribution in [2.45, 2.75) is 51.1 Å². The number of hydrogen-bond donors (Lipinski definition) is 1. The zero-order chi connectivity index (χ0) is 11.7. The van der Waals surface area contributed by atoms with Crippen LogP contribution in [0.2, 0.25) is 0 Å². The van der Waals surface area contributed by atoms with Crippen LogP contribution in [0, 0.1) is 23.7 Å². The third-order valence-corrected chi connectivity index (χ3v) is 6.02. The Morgan fingerprint density at radius 2 is 1.67 bits per heavy atom. The second kappa shape index (κ2) is 3.38. The van der Waals surface area contributed by atoms with Crippen molar-refractivity contribution in [2.24, 2.45) is 23.7 Å². The fraction of sp³-hybridized carbons (Fsp3) is 0.800. The monoisotopic (exact) mass is 244 g/mol. The summed E-state index contributed by atoms with van der Waals surface area (Å²) in [5.41, 5.74) is 2.59. The fourth-order valence-electron chi connectivity index (χ4n) is 5.61. The molecule has 0 amide bonds. The van der Waals surface area contributed by atoms with Crippen LogP contribution in [0.5, 0.6) is 0 Å². The highest BCUT2D eigenvalue weighted by Crippen LogP contribution is 2.60. The Labute approximate surface area is 107 Å². The van der Waals surface area contributed by atoms with Crippen molar-refractivity contribution < 1.29 is 4.52 Å². The molecule has 4 saturated carbocycles. The van der Waals surface area contributed by atoms with Crippen molar-refractivity contribution in [1.29, 1.82) is 0 Å². The molecule has 0 atom stereocenters. The van der Waals surface area contributed by atoms with Crippen molar-refractivity contribution in [2.75, 3.05) is 0 Å². The molecule has 4 fully saturated rings. The van der Waals surface area contributed by atoms with Crippen LogP contribution in [0.15, 0.2) is 4.52 Å². The van der Waals surface area contributed by atoms with Gasteiger partial charge >= 0.3 is 0 Å². The molecule has 4 bridgehead atoms. The molecular weight excluding hydrogens is 224 g/mol. The predicted octanol–water partition coefficient (Wildman–Crippen LogP) is 2.82. The number of fused-ring (bicyclic) bond motifs is 1. The van der Waals surface area contributed by atoms with E-state index in [1.165, 1.54) is 49.1 Å². The molecule has 0 aromatic carbocycles. The van der Waals surface area contributed by atoms with Gasteiger partial charge in [-0.1, -0.05) is 5.16 Å². The van der Waals surface area contributed by atoms with E-state index in [9.17, 15) is 0 Å². The summed E-state index contributed by atoms with van der Waals surface area (Å²) in [5, 5.41) is 7.70. The Balaban J connectivity index is 1.56. The lowest BCUT2D eigenvalue weighted by Crippen LogP contribution is -2.43. The van der Waals surface area contributed by atoms with Gasteiger partial charge in [0.1, 0.15) is 11.5 Å². The molecule has 0 saturated heterocycles. The molecule has 1 aromatic heterocycles. The van der Waals surface area contributed by atoms with E-state index in [1.54, 1.807) is 0 Å². The minimum atomic E-state index is 0.703. The second-order valence-corrected chi connectivity index (χ2v) is 7.03. The average Bonchev–Trinajstić information content (AvgIpc) is 2.91. The molecule has 3 heteroatoms. The summed E-state index contributed by atoms with van der Waals surface area (Å²) >= 11 is 0. The molecule has 1 aromatic rings. The van der Waals surface area contributed by atoms with Gasteiger partial charge in [0.05, 0.1) is 0 Å². The first-order valence-electron chi connectivity index (χ1n) is 7.56. The van der Waals surface area contributed by atoms with E-state index in [2.05, 4.69) is 10.5 Å².